The highest BCUT2D eigenvalue weighted by atomic mass is 35.5. The fourth-order valence-corrected chi connectivity index (χ4v) is 4.72. The minimum atomic E-state index is -0.447. The van der Waals surface area contributed by atoms with Gasteiger partial charge >= 0.3 is 5.97 Å². The smallest absolute Gasteiger partial charge is 0.341 e. The number of nitrogens with zero attached hydrogens (tertiary/aromatic N) is 3. The number of thiophene rings is 1. The van der Waals surface area contributed by atoms with Crippen LogP contribution in [0.1, 0.15) is 33.5 Å². The number of amides is 1. The first kappa shape index (κ1) is 24.0. The van der Waals surface area contributed by atoms with Crippen molar-refractivity contribution in [3.8, 4) is 0 Å². The summed E-state index contributed by atoms with van der Waals surface area (Å²) in [7, 11) is 0. The number of rotatable bonds is 10. The van der Waals surface area contributed by atoms with E-state index in [0.717, 1.165) is 16.3 Å². The number of thioether (sulfide) groups is 1. The van der Waals surface area contributed by atoms with Gasteiger partial charge in [-0.1, -0.05) is 41.6 Å². The molecule has 0 saturated carbocycles. The van der Waals surface area contributed by atoms with Gasteiger partial charge in [0, 0.05) is 22.9 Å². The molecule has 0 spiro atoms. The Balaban J connectivity index is 1.67. The topological polar surface area (TPSA) is 86.1 Å². The molecule has 0 fully saturated rings. The molecule has 2 heterocycles. The zero-order valence-corrected chi connectivity index (χ0v) is 20.1. The molecule has 1 amide bonds. The number of carbonyl (C=O) groups is 2. The number of hydrogen-bond acceptors (Lipinski definition) is 7. The van der Waals surface area contributed by atoms with E-state index in [1.807, 2.05) is 35.8 Å². The Labute approximate surface area is 199 Å². The average Bonchev–Trinajstić information content (AvgIpc) is 3.31. The lowest BCUT2D eigenvalue weighted by Gasteiger charge is -2.08. The van der Waals surface area contributed by atoms with Gasteiger partial charge < -0.3 is 14.6 Å². The van der Waals surface area contributed by atoms with Crippen molar-refractivity contribution in [2.24, 2.45) is 0 Å². The van der Waals surface area contributed by atoms with Crippen LogP contribution in [0.5, 0.6) is 0 Å². The molecule has 32 heavy (non-hydrogen) atoms. The van der Waals surface area contributed by atoms with Gasteiger partial charge in [0.1, 0.15) is 10.8 Å². The summed E-state index contributed by atoms with van der Waals surface area (Å²) in [5.41, 5.74) is 1.42. The Morgan fingerprint density at radius 1 is 1.31 bits per heavy atom. The summed E-state index contributed by atoms with van der Waals surface area (Å²) < 4.78 is 7.00. The highest BCUT2D eigenvalue weighted by Gasteiger charge is 2.19. The summed E-state index contributed by atoms with van der Waals surface area (Å²) in [6.07, 6.45) is 2.35. The van der Waals surface area contributed by atoms with Crippen molar-refractivity contribution in [2.75, 3.05) is 17.7 Å². The van der Waals surface area contributed by atoms with E-state index in [0.29, 0.717) is 33.7 Å². The maximum absolute atomic E-state index is 12.6. The molecule has 168 valence electrons. The lowest BCUT2D eigenvalue weighted by atomic mass is 10.1. The molecule has 0 saturated heterocycles. The molecule has 3 aromatic rings. The van der Waals surface area contributed by atoms with Crippen molar-refractivity contribution in [2.45, 2.75) is 32.0 Å². The van der Waals surface area contributed by atoms with Gasteiger partial charge in [0.15, 0.2) is 5.16 Å². The van der Waals surface area contributed by atoms with Crippen LogP contribution >= 0.6 is 34.7 Å². The van der Waals surface area contributed by atoms with Crippen molar-refractivity contribution < 1.29 is 14.3 Å². The maximum Gasteiger partial charge on any atom is 0.341 e. The fraction of sp³-hybridized carbons (Fsp3) is 0.273. The average molecular weight is 491 g/mol. The van der Waals surface area contributed by atoms with Crippen LogP contribution in [0.25, 0.3) is 0 Å². The standard InChI is InChI=1S/C22H23ClN4O3S2/c1-4-10-27-18(12-15-6-8-16(23)9-7-15)25-26-22(27)31-13-19(28)24-20-17(11-14(3)32-20)21(29)30-5-2/h4,6-9,11H,1,5,10,12-13H2,2-3H3,(H,24,28). The van der Waals surface area contributed by atoms with Crippen molar-refractivity contribution in [1.82, 2.24) is 14.8 Å². The number of ether oxygens (including phenoxy) is 1. The summed E-state index contributed by atoms with van der Waals surface area (Å²) in [6.45, 7) is 8.22. The summed E-state index contributed by atoms with van der Waals surface area (Å²) in [4.78, 5) is 25.6. The van der Waals surface area contributed by atoms with Crippen LogP contribution in [0.4, 0.5) is 5.00 Å². The van der Waals surface area contributed by atoms with Crippen molar-refractivity contribution in [1.29, 1.82) is 0 Å². The maximum atomic E-state index is 12.6. The Kier molecular flexibility index (Phi) is 8.49. The number of anilines is 1. The van der Waals surface area contributed by atoms with E-state index in [4.69, 9.17) is 16.3 Å². The van der Waals surface area contributed by atoms with E-state index in [1.54, 1.807) is 19.1 Å². The number of carbonyl (C=O) groups excluding carboxylic acids is 2. The first-order chi connectivity index (χ1) is 15.4. The normalized spacial score (nSPS) is 10.7. The second-order valence-electron chi connectivity index (χ2n) is 6.76. The third kappa shape index (κ3) is 6.21. The third-order valence-corrected chi connectivity index (χ3v) is 6.50. The number of nitrogens with one attached hydrogen (secondary N) is 1. The SMILES string of the molecule is C=CCn1c(Cc2ccc(Cl)cc2)nnc1SCC(=O)Nc1sc(C)cc1C(=O)OCC. The zero-order chi connectivity index (χ0) is 23.1. The molecule has 0 bridgehead atoms. The molecule has 0 radical (unpaired) electrons. The molecular weight excluding hydrogens is 468 g/mol. The van der Waals surface area contributed by atoms with E-state index in [2.05, 4.69) is 22.1 Å². The quantitative estimate of drug-likeness (QED) is 0.245. The predicted molar refractivity (Wildman–Crippen MR) is 129 cm³/mol. The molecule has 7 nitrogen and oxygen atoms in total. The van der Waals surface area contributed by atoms with E-state index < -0.39 is 5.97 Å². The van der Waals surface area contributed by atoms with Gasteiger partial charge in [-0.2, -0.15) is 0 Å². The van der Waals surface area contributed by atoms with Crippen LogP contribution in [-0.4, -0.2) is 39.0 Å². The number of halogens is 1. The van der Waals surface area contributed by atoms with Gasteiger partial charge in [0.25, 0.3) is 0 Å². The molecule has 0 unspecified atom stereocenters. The monoisotopic (exact) mass is 490 g/mol. The fourth-order valence-electron chi connectivity index (χ4n) is 2.91. The molecular formula is C22H23ClN4O3S2. The molecule has 2 aromatic heterocycles. The molecule has 0 aliphatic carbocycles. The van der Waals surface area contributed by atoms with E-state index in [9.17, 15) is 9.59 Å². The lowest BCUT2D eigenvalue weighted by molar-refractivity contribution is -0.113. The van der Waals surface area contributed by atoms with Gasteiger partial charge in [-0.3, -0.25) is 4.79 Å². The van der Waals surface area contributed by atoms with Gasteiger partial charge in [-0.05, 0) is 37.6 Å². The zero-order valence-electron chi connectivity index (χ0n) is 17.8. The van der Waals surface area contributed by atoms with Crippen molar-refractivity contribution in [3.05, 3.63) is 69.8 Å². The number of benzene rings is 1. The third-order valence-electron chi connectivity index (χ3n) is 4.32. The van der Waals surface area contributed by atoms with Crippen molar-refractivity contribution in [3.63, 3.8) is 0 Å². The minimum absolute atomic E-state index is 0.120. The number of aryl methyl sites for hydroxylation is 1. The molecule has 1 aromatic carbocycles. The highest BCUT2D eigenvalue weighted by molar-refractivity contribution is 7.99. The van der Waals surface area contributed by atoms with E-state index in [1.165, 1.54) is 23.1 Å². The molecule has 3 rings (SSSR count). The number of allylic oxidation sites excluding steroid dienone is 1. The Hall–Kier alpha value is -2.62. The summed E-state index contributed by atoms with van der Waals surface area (Å²) in [6, 6.07) is 9.28. The molecule has 1 N–H and O–H groups in total. The van der Waals surface area contributed by atoms with Gasteiger partial charge in [0.05, 0.1) is 17.9 Å². The number of esters is 1. The number of aromatic nitrogens is 3. The van der Waals surface area contributed by atoms with Crippen LogP contribution in [0.3, 0.4) is 0 Å². The highest BCUT2D eigenvalue weighted by Crippen LogP contribution is 2.29. The predicted octanol–water partition coefficient (Wildman–Crippen LogP) is 4.99. The molecule has 0 aliphatic rings. The summed E-state index contributed by atoms with van der Waals surface area (Å²) in [5, 5.41) is 13.1. The Bertz CT molecular complexity index is 1110. The lowest BCUT2D eigenvalue weighted by Crippen LogP contribution is -2.16. The first-order valence-electron chi connectivity index (χ1n) is 9.88. The minimum Gasteiger partial charge on any atom is -0.462 e. The summed E-state index contributed by atoms with van der Waals surface area (Å²) in [5.74, 6) is 0.205. The summed E-state index contributed by atoms with van der Waals surface area (Å²) >= 11 is 8.57. The van der Waals surface area contributed by atoms with E-state index >= 15 is 0 Å². The van der Waals surface area contributed by atoms with Crippen LogP contribution in [0.2, 0.25) is 5.02 Å². The van der Waals surface area contributed by atoms with Crippen molar-refractivity contribution >= 4 is 51.6 Å². The second-order valence-corrected chi connectivity index (χ2v) is 9.39. The van der Waals surface area contributed by atoms with Gasteiger partial charge in [-0.15, -0.1) is 28.1 Å². The second kappa shape index (κ2) is 11.3. The molecule has 0 aliphatic heterocycles. The first-order valence-corrected chi connectivity index (χ1v) is 12.1. The van der Waals surface area contributed by atoms with Crippen LogP contribution in [0, 0.1) is 6.92 Å². The van der Waals surface area contributed by atoms with Crippen LogP contribution < -0.4 is 5.32 Å². The molecule has 0 atom stereocenters. The van der Waals surface area contributed by atoms with Gasteiger partial charge in [0.2, 0.25) is 5.91 Å². The number of hydrogen-bond donors (Lipinski definition) is 1. The van der Waals surface area contributed by atoms with E-state index in [-0.39, 0.29) is 18.3 Å². The molecule has 10 heteroatoms. The van der Waals surface area contributed by atoms with Gasteiger partial charge in [-0.25, -0.2) is 4.79 Å². The largest absolute Gasteiger partial charge is 0.462 e. The Morgan fingerprint density at radius 2 is 2.06 bits per heavy atom. The van der Waals surface area contributed by atoms with Crippen LogP contribution in [0.15, 0.2) is 48.1 Å². The Morgan fingerprint density at radius 3 is 2.75 bits per heavy atom. The van der Waals surface area contributed by atoms with Crippen LogP contribution in [-0.2, 0) is 22.5 Å².